The van der Waals surface area contributed by atoms with Gasteiger partial charge in [-0.2, -0.15) is 0 Å². The monoisotopic (exact) mass is 216 g/mol. The number of rotatable bonds is 1. The molecule has 0 aliphatic carbocycles. The lowest BCUT2D eigenvalue weighted by molar-refractivity contribution is 1.15. The third-order valence-electron chi connectivity index (χ3n) is 2.57. The van der Waals surface area contributed by atoms with E-state index in [2.05, 4.69) is 42.0 Å². The number of aryl methyl sites for hydroxylation is 1. The van der Waals surface area contributed by atoms with Crippen LogP contribution in [0.2, 0.25) is 0 Å². The summed E-state index contributed by atoms with van der Waals surface area (Å²) in [7, 11) is 0. The fourth-order valence-corrected chi connectivity index (χ4v) is 1.74. The van der Waals surface area contributed by atoms with Gasteiger partial charge in [0.1, 0.15) is 4.64 Å². The number of nitrogens with one attached hydrogen (secondary N) is 1. The zero-order chi connectivity index (χ0) is 10.8. The van der Waals surface area contributed by atoms with Crippen molar-refractivity contribution in [1.29, 1.82) is 0 Å². The summed E-state index contributed by atoms with van der Waals surface area (Å²) in [6.45, 7) is 4.22. The highest BCUT2D eigenvalue weighted by Crippen LogP contribution is 2.22. The molecule has 0 atom stereocenters. The first-order valence-electron chi connectivity index (χ1n) is 4.80. The maximum Gasteiger partial charge on any atom is 0.130 e. The van der Waals surface area contributed by atoms with E-state index in [9.17, 15) is 0 Å². The standard InChI is InChI=1S/C12H12N2S/c1-8-4-3-5-10(9(8)2)11-6-12(15)14-7-13-11/h3-7H,1-2H3,(H,13,14,15). The predicted molar refractivity (Wildman–Crippen MR) is 64.3 cm³/mol. The van der Waals surface area contributed by atoms with E-state index in [1.165, 1.54) is 16.7 Å². The Morgan fingerprint density at radius 3 is 2.80 bits per heavy atom. The number of hydrogen-bond donors (Lipinski definition) is 1. The van der Waals surface area contributed by atoms with Crippen LogP contribution in [0.15, 0.2) is 30.6 Å². The Hall–Kier alpha value is -1.48. The fourth-order valence-electron chi connectivity index (χ4n) is 1.57. The maximum atomic E-state index is 5.04. The number of nitrogens with zero attached hydrogens (tertiary/aromatic N) is 1. The first kappa shape index (κ1) is 10.1. The molecule has 0 bridgehead atoms. The third kappa shape index (κ3) is 1.97. The zero-order valence-corrected chi connectivity index (χ0v) is 9.56. The molecule has 0 unspecified atom stereocenters. The van der Waals surface area contributed by atoms with Crippen molar-refractivity contribution in [3.63, 3.8) is 0 Å². The summed E-state index contributed by atoms with van der Waals surface area (Å²) in [5.41, 5.74) is 4.76. The van der Waals surface area contributed by atoms with Crippen LogP contribution in [0.25, 0.3) is 11.3 Å². The van der Waals surface area contributed by atoms with E-state index in [1.54, 1.807) is 6.33 Å². The lowest BCUT2D eigenvalue weighted by Gasteiger charge is -2.07. The van der Waals surface area contributed by atoms with Crippen LogP contribution in [0.5, 0.6) is 0 Å². The van der Waals surface area contributed by atoms with Gasteiger partial charge in [-0.1, -0.05) is 30.4 Å². The van der Waals surface area contributed by atoms with Crippen molar-refractivity contribution in [3.8, 4) is 11.3 Å². The summed E-state index contributed by atoms with van der Waals surface area (Å²) >= 11 is 5.04. The lowest BCUT2D eigenvalue weighted by Crippen LogP contribution is -1.90. The van der Waals surface area contributed by atoms with Crippen molar-refractivity contribution in [2.24, 2.45) is 0 Å². The first-order chi connectivity index (χ1) is 7.18. The minimum Gasteiger partial charge on any atom is -0.346 e. The van der Waals surface area contributed by atoms with Crippen molar-refractivity contribution in [2.75, 3.05) is 0 Å². The van der Waals surface area contributed by atoms with Gasteiger partial charge in [0.25, 0.3) is 0 Å². The molecule has 0 aliphatic heterocycles. The van der Waals surface area contributed by atoms with Gasteiger partial charge in [0, 0.05) is 11.3 Å². The van der Waals surface area contributed by atoms with Crippen LogP contribution in [0.1, 0.15) is 11.1 Å². The molecule has 0 spiro atoms. The van der Waals surface area contributed by atoms with Crippen LogP contribution in [0, 0.1) is 18.5 Å². The second-order valence-corrected chi connectivity index (χ2v) is 3.96. The molecular weight excluding hydrogens is 204 g/mol. The Morgan fingerprint density at radius 2 is 2.07 bits per heavy atom. The molecule has 0 aliphatic rings. The molecule has 0 radical (unpaired) electrons. The second kappa shape index (κ2) is 3.95. The Balaban J connectivity index is 2.64. The quantitative estimate of drug-likeness (QED) is 0.740. The minimum absolute atomic E-state index is 0.615. The zero-order valence-electron chi connectivity index (χ0n) is 8.74. The van der Waals surface area contributed by atoms with Gasteiger partial charge in [-0.25, -0.2) is 4.98 Å². The van der Waals surface area contributed by atoms with Crippen LogP contribution in [0.4, 0.5) is 0 Å². The highest BCUT2D eigenvalue weighted by Gasteiger charge is 2.03. The average Bonchev–Trinajstić information content (AvgIpc) is 2.22. The molecule has 0 amide bonds. The molecule has 1 N–H and O–H groups in total. The highest BCUT2D eigenvalue weighted by atomic mass is 32.1. The normalized spacial score (nSPS) is 10.3. The van der Waals surface area contributed by atoms with Crippen LogP contribution in [-0.2, 0) is 0 Å². The van der Waals surface area contributed by atoms with E-state index in [-0.39, 0.29) is 0 Å². The number of H-pyrrole nitrogens is 1. The van der Waals surface area contributed by atoms with E-state index in [0.29, 0.717) is 4.64 Å². The fraction of sp³-hybridized carbons (Fsp3) is 0.167. The van der Waals surface area contributed by atoms with Gasteiger partial charge in [-0.15, -0.1) is 0 Å². The van der Waals surface area contributed by atoms with E-state index in [1.807, 2.05) is 6.07 Å². The smallest absolute Gasteiger partial charge is 0.130 e. The van der Waals surface area contributed by atoms with E-state index in [0.717, 1.165) is 5.69 Å². The van der Waals surface area contributed by atoms with Gasteiger partial charge < -0.3 is 4.98 Å². The van der Waals surface area contributed by atoms with Crippen LogP contribution in [-0.4, -0.2) is 9.97 Å². The highest BCUT2D eigenvalue weighted by molar-refractivity contribution is 7.71. The van der Waals surface area contributed by atoms with Crippen molar-refractivity contribution < 1.29 is 0 Å². The SMILES string of the molecule is Cc1cccc(-c2cc(=S)nc[nH]2)c1C. The predicted octanol–water partition coefficient (Wildman–Crippen LogP) is 3.42. The van der Waals surface area contributed by atoms with Crippen LogP contribution >= 0.6 is 12.2 Å². The van der Waals surface area contributed by atoms with Crippen LogP contribution < -0.4 is 0 Å². The molecule has 2 nitrogen and oxygen atoms in total. The maximum absolute atomic E-state index is 5.04. The molecule has 1 heterocycles. The van der Waals surface area contributed by atoms with Crippen molar-refractivity contribution in [3.05, 3.63) is 46.4 Å². The number of hydrogen-bond acceptors (Lipinski definition) is 2. The summed E-state index contributed by atoms with van der Waals surface area (Å²) < 4.78 is 0.615. The van der Waals surface area contributed by atoms with Gasteiger partial charge >= 0.3 is 0 Å². The molecule has 1 aromatic heterocycles. The Morgan fingerprint density at radius 1 is 1.27 bits per heavy atom. The summed E-state index contributed by atoms with van der Waals surface area (Å²) in [5.74, 6) is 0. The van der Waals surface area contributed by atoms with Gasteiger partial charge in [0.05, 0.1) is 6.33 Å². The Kier molecular flexibility index (Phi) is 2.64. The van der Waals surface area contributed by atoms with E-state index in [4.69, 9.17) is 12.2 Å². The first-order valence-corrected chi connectivity index (χ1v) is 5.20. The third-order valence-corrected chi connectivity index (χ3v) is 2.80. The molecule has 2 rings (SSSR count). The molecule has 76 valence electrons. The molecule has 15 heavy (non-hydrogen) atoms. The van der Waals surface area contributed by atoms with Gasteiger partial charge in [-0.05, 0) is 31.0 Å². The van der Waals surface area contributed by atoms with Crippen molar-refractivity contribution >= 4 is 12.2 Å². The summed E-state index contributed by atoms with van der Waals surface area (Å²) in [6.07, 6.45) is 1.64. The van der Waals surface area contributed by atoms with Gasteiger partial charge in [0.2, 0.25) is 0 Å². The van der Waals surface area contributed by atoms with Crippen molar-refractivity contribution in [2.45, 2.75) is 13.8 Å². The number of aromatic amines is 1. The van der Waals surface area contributed by atoms with Gasteiger partial charge in [-0.3, -0.25) is 0 Å². The Labute approximate surface area is 94.0 Å². The second-order valence-electron chi connectivity index (χ2n) is 3.55. The molecule has 0 saturated heterocycles. The molecule has 2 aromatic rings. The van der Waals surface area contributed by atoms with Gasteiger partial charge in [0.15, 0.2) is 0 Å². The Bertz CT molecular complexity index is 543. The molecule has 1 aromatic carbocycles. The van der Waals surface area contributed by atoms with Crippen LogP contribution in [0.3, 0.4) is 0 Å². The average molecular weight is 216 g/mol. The molecule has 3 heteroatoms. The van der Waals surface area contributed by atoms with E-state index < -0.39 is 0 Å². The minimum atomic E-state index is 0.615. The molecule has 0 saturated carbocycles. The summed E-state index contributed by atoms with van der Waals surface area (Å²) in [6, 6.07) is 8.13. The number of aromatic nitrogens is 2. The molecular formula is C12H12N2S. The lowest BCUT2D eigenvalue weighted by atomic mass is 10.0. The summed E-state index contributed by atoms with van der Waals surface area (Å²) in [4.78, 5) is 7.09. The van der Waals surface area contributed by atoms with E-state index >= 15 is 0 Å². The van der Waals surface area contributed by atoms with Crippen molar-refractivity contribution in [1.82, 2.24) is 9.97 Å². The molecule has 0 fully saturated rings. The number of benzene rings is 1. The summed E-state index contributed by atoms with van der Waals surface area (Å²) in [5, 5.41) is 0. The largest absolute Gasteiger partial charge is 0.346 e. The topological polar surface area (TPSA) is 28.7 Å².